The second-order valence-electron chi connectivity index (χ2n) is 7.78. The Balaban J connectivity index is 1.57. The number of likely N-dealkylation sites (N-methyl/N-ethyl adjacent to an activating group) is 1. The monoisotopic (exact) mass is 391 g/mol. The Morgan fingerprint density at radius 2 is 1.86 bits per heavy atom. The number of amides is 1. The van der Waals surface area contributed by atoms with Gasteiger partial charge in [-0.05, 0) is 67.4 Å². The summed E-state index contributed by atoms with van der Waals surface area (Å²) >= 11 is 0. The van der Waals surface area contributed by atoms with Crippen LogP contribution in [0.4, 0.5) is 4.39 Å². The Morgan fingerprint density at radius 1 is 1.10 bits per heavy atom. The standard InChI is InChI=1S/C24H26FN3O/c1-27(17-18-7-12-22-20(16-18)6-5-13-26-22)24(29)23(28-14-3-2-4-15-28)19-8-10-21(25)11-9-19/h5-13,16,23H,2-4,14-15,17H2,1H3/t23-/m0/s1. The van der Waals surface area contributed by atoms with E-state index in [-0.39, 0.29) is 17.8 Å². The van der Waals surface area contributed by atoms with Gasteiger partial charge in [-0.2, -0.15) is 0 Å². The lowest BCUT2D eigenvalue weighted by atomic mass is 10.00. The number of halogens is 1. The van der Waals surface area contributed by atoms with E-state index in [1.54, 1.807) is 23.2 Å². The second-order valence-corrected chi connectivity index (χ2v) is 7.78. The Morgan fingerprint density at radius 3 is 2.62 bits per heavy atom. The van der Waals surface area contributed by atoms with Crippen LogP contribution in [0.1, 0.15) is 36.4 Å². The molecule has 0 unspecified atom stereocenters. The first kappa shape index (κ1) is 19.5. The predicted octanol–water partition coefficient (Wildman–Crippen LogP) is 4.56. The van der Waals surface area contributed by atoms with E-state index in [0.29, 0.717) is 6.54 Å². The van der Waals surface area contributed by atoms with Crippen LogP contribution in [0.3, 0.4) is 0 Å². The zero-order valence-corrected chi connectivity index (χ0v) is 16.7. The molecule has 1 saturated heterocycles. The molecule has 1 aromatic heterocycles. The highest BCUT2D eigenvalue weighted by atomic mass is 19.1. The van der Waals surface area contributed by atoms with Crippen LogP contribution < -0.4 is 0 Å². The minimum atomic E-state index is -0.372. The summed E-state index contributed by atoms with van der Waals surface area (Å²) in [6, 6.07) is 16.0. The van der Waals surface area contributed by atoms with E-state index in [1.165, 1.54) is 18.6 Å². The van der Waals surface area contributed by atoms with Gasteiger partial charge in [0.1, 0.15) is 11.9 Å². The Bertz CT molecular complexity index is 983. The molecule has 4 nitrogen and oxygen atoms in total. The lowest BCUT2D eigenvalue weighted by molar-refractivity contribution is -0.137. The van der Waals surface area contributed by atoms with Gasteiger partial charge in [0.2, 0.25) is 5.91 Å². The molecule has 4 rings (SSSR count). The molecule has 29 heavy (non-hydrogen) atoms. The van der Waals surface area contributed by atoms with E-state index in [9.17, 15) is 9.18 Å². The van der Waals surface area contributed by atoms with Crippen LogP contribution in [0, 0.1) is 5.82 Å². The van der Waals surface area contributed by atoms with Crippen LogP contribution in [0.5, 0.6) is 0 Å². The van der Waals surface area contributed by atoms with Gasteiger partial charge in [0, 0.05) is 25.2 Å². The maximum absolute atomic E-state index is 13.5. The summed E-state index contributed by atoms with van der Waals surface area (Å²) in [5, 5.41) is 1.07. The van der Waals surface area contributed by atoms with Crippen LogP contribution in [0.2, 0.25) is 0 Å². The predicted molar refractivity (Wildman–Crippen MR) is 113 cm³/mol. The fourth-order valence-corrected chi connectivity index (χ4v) is 4.12. The molecular weight excluding hydrogens is 365 g/mol. The highest BCUT2D eigenvalue weighted by molar-refractivity contribution is 5.83. The normalized spacial score (nSPS) is 15.9. The van der Waals surface area contributed by atoms with Gasteiger partial charge in [0.05, 0.1) is 5.52 Å². The number of carbonyl (C=O) groups excluding carboxylic acids is 1. The quantitative estimate of drug-likeness (QED) is 0.640. The molecule has 1 aliphatic heterocycles. The summed E-state index contributed by atoms with van der Waals surface area (Å²) < 4.78 is 13.5. The number of carbonyl (C=O) groups is 1. The fraction of sp³-hybridized carbons (Fsp3) is 0.333. The van der Waals surface area contributed by atoms with E-state index in [2.05, 4.69) is 16.0 Å². The van der Waals surface area contributed by atoms with E-state index in [1.807, 2.05) is 31.3 Å². The fourth-order valence-electron chi connectivity index (χ4n) is 4.12. The molecule has 0 saturated carbocycles. The van der Waals surface area contributed by atoms with Crippen LogP contribution in [-0.4, -0.2) is 40.8 Å². The van der Waals surface area contributed by atoms with Crippen LogP contribution in [-0.2, 0) is 11.3 Å². The third-order valence-electron chi connectivity index (χ3n) is 5.64. The number of hydrogen-bond acceptors (Lipinski definition) is 3. The number of hydrogen-bond donors (Lipinski definition) is 0. The van der Waals surface area contributed by atoms with Gasteiger partial charge in [-0.25, -0.2) is 4.39 Å². The van der Waals surface area contributed by atoms with Crippen molar-refractivity contribution < 1.29 is 9.18 Å². The number of likely N-dealkylation sites (tertiary alicyclic amines) is 1. The van der Waals surface area contributed by atoms with Crippen LogP contribution in [0.25, 0.3) is 10.9 Å². The van der Waals surface area contributed by atoms with Crippen molar-refractivity contribution >= 4 is 16.8 Å². The summed E-state index contributed by atoms with van der Waals surface area (Å²) in [5.74, 6) is -0.235. The lowest BCUT2D eigenvalue weighted by Gasteiger charge is -2.36. The van der Waals surface area contributed by atoms with E-state index in [0.717, 1.165) is 48.0 Å². The first-order chi connectivity index (χ1) is 14.1. The van der Waals surface area contributed by atoms with E-state index >= 15 is 0 Å². The Kier molecular flexibility index (Phi) is 5.86. The number of benzene rings is 2. The van der Waals surface area contributed by atoms with Crippen molar-refractivity contribution in [3.05, 3.63) is 77.7 Å². The van der Waals surface area contributed by atoms with Gasteiger partial charge >= 0.3 is 0 Å². The zero-order chi connectivity index (χ0) is 20.2. The minimum absolute atomic E-state index is 0.0461. The number of piperidine rings is 1. The van der Waals surface area contributed by atoms with Crippen molar-refractivity contribution in [1.29, 1.82) is 0 Å². The first-order valence-electron chi connectivity index (χ1n) is 10.2. The third-order valence-corrected chi connectivity index (χ3v) is 5.64. The summed E-state index contributed by atoms with van der Waals surface area (Å²) in [5.41, 5.74) is 2.87. The maximum Gasteiger partial charge on any atom is 0.244 e. The first-order valence-corrected chi connectivity index (χ1v) is 10.2. The summed E-state index contributed by atoms with van der Waals surface area (Å²) in [6.07, 6.45) is 5.16. The van der Waals surface area contributed by atoms with Gasteiger partial charge in [0.25, 0.3) is 0 Å². The second kappa shape index (κ2) is 8.70. The number of nitrogens with zero attached hydrogens (tertiary/aromatic N) is 3. The van der Waals surface area contributed by atoms with Gasteiger partial charge in [-0.3, -0.25) is 14.7 Å². The molecule has 1 amide bonds. The van der Waals surface area contributed by atoms with Crippen molar-refractivity contribution in [1.82, 2.24) is 14.8 Å². The lowest BCUT2D eigenvalue weighted by Crippen LogP contribution is -2.43. The Hall–Kier alpha value is -2.79. The molecule has 2 aromatic carbocycles. The van der Waals surface area contributed by atoms with Crippen molar-refractivity contribution in [2.75, 3.05) is 20.1 Å². The maximum atomic E-state index is 13.5. The van der Waals surface area contributed by atoms with Crippen molar-refractivity contribution in [3.8, 4) is 0 Å². The molecule has 0 aliphatic carbocycles. The molecule has 150 valence electrons. The molecule has 1 aliphatic rings. The van der Waals surface area contributed by atoms with Crippen molar-refractivity contribution in [2.24, 2.45) is 0 Å². The molecule has 0 spiro atoms. The smallest absolute Gasteiger partial charge is 0.244 e. The van der Waals surface area contributed by atoms with Gasteiger partial charge in [-0.1, -0.05) is 30.7 Å². The van der Waals surface area contributed by atoms with Gasteiger partial charge in [-0.15, -0.1) is 0 Å². The number of fused-ring (bicyclic) bond motifs is 1. The van der Waals surface area contributed by atoms with Gasteiger partial charge < -0.3 is 4.90 Å². The number of rotatable bonds is 5. The SMILES string of the molecule is CN(Cc1ccc2ncccc2c1)C(=O)[C@H](c1ccc(F)cc1)N1CCCCC1. The average molecular weight is 391 g/mol. The molecule has 1 atom stereocenters. The van der Waals surface area contributed by atoms with Crippen molar-refractivity contribution in [3.63, 3.8) is 0 Å². The van der Waals surface area contributed by atoms with E-state index in [4.69, 9.17) is 0 Å². The summed E-state index contributed by atoms with van der Waals surface area (Å²) in [7, 11) is 1.84. The minimum Gasteiger partial charge on any atom is -0.340 e. The highest BCUT2D eigenvalue weighted by Crippen LogP contribution is 2.27. The summed E-state index contributed by atoms with van der Waals surface area (Å²) in [4.78, 5) is 21.8. The molecule has 0 bridgehead atoms. The van der Waals surface area contributed by atoms with E-state index < -0.39 is 0 Å². The topological polar surface area (TPSA) is 36.4 Å². The largest absolute Gasteiger partial charge is 0.340 e. The molecule has 0 radical (unpaired) electrons. The average Bonchev–Trinajstić information content (AvgIpc) is 2.76. The molecule has 1 fully saturated rings. The molecule has 2 heterocycles. The third kappa shape index (κ3) is 4.46. The van der Waals surface area contributed by atoms with Gasteiger partial charge in [0.15, 0.2) is 0 Å². The van der Waals surface area contributed by atoms with Crippen LogP contribution in [0.15, 0.2) is 60.8 Å². The zero-order valence-electron chi connectivity index (χ0n) is 16.7. The molecule has 0 N–H and O–H groups in total. The Labute approximate surface area is 171 Å². The highest BCUT2D eigenvalue weighted by Gasteiger charge is 2.31. The number of aromatic nitrogens is 1. The van der Waals surface area contributed by atoms with Crippen molar-refractivity contribution in [2.45, 2.75) is 31.8 Å². The molecule has 3 aromatic rings. The molecule has 5 heteroatoms. The van der Waals surface area contributed by atoms with Crippen LogP contribution >= 0.6 is 0 Å². The number of pyridine rings is 1. The molecular formula is C24H26FN3O. The summed E-state index contributed by atoms with van der Waals surface area (Å²) in [6.45, 7) is 2.31.